The number of nitrogens with zero attached hydrogens (tertiary/aromatic N) is 3. The van der Waals surface area contributed by atoms with Crippen LogP contribution in [-0.4, -0.2) is 84.0 Å². The van der Waals surface area contributed by atoms with Crippen LogP contribution in [-0.2, 0) is 9.59 Å². The summed E-state index contributed by atoms with van der Waals surface area (Å²) in [7, 11) is 0. The average Bonchev–Trinajstić information content (AvgIpc) is 3.04. The molecule has 174 valence electrons. The van der Waals surface area contributed by atoms with Crippen molar-refractivity contribution in [3.05, 3.63) is 30.3 Å². The second kappa shape index (κ2) is 9.90. The fraction of sp³-hybridized carbons (Fsp3) is 0.625. The van der Waals surface area contributed by atoms with Gasteiger partial charge in [-0.05, 0) is 56.7 Å². The number of benzene rings is 1. The van der Waals surface area contributed by atoms with E-state index in [0.717, 1.165) is 38.9 Å². The van der Waals surface area contributed by atoms with Crippen LogP contribution in [0.4, 0.5) is 4.79 Å². The first kappa shape index (κ1) is 22.6. The number of carbonyl (C=O) groups excluding carboxylic acids is 3. The first-order valence-electron chi connectivity index (χ1n) is 11.8. The third kappa shape index (κ3) is 4.90. The first-order valence-corrected chi connectivity index (χ1v) is 11.8. The molecule has 3 aliphatic heterocycles. The number of hydrogen-bond donors (Lipinski definition) is 1. The summed E-state index contributed by atoms with van der Waals surface area (Å²) in [4.78, 5) is 43.9. The summed E-state index contributed by atoms with van der Waals surface area (Å²) in [5.41, 5.74) is -0.716. The Bertz CT molecular complexity index is 815. The molecule has 0 aliphatic carbocycles. The van der Waals surface area contributed by atoms with Crippen LogP contribution in [0.3, 0.4) is 0 Å². The standard InChI is InChI=1S/C24H34N4O4/c1-2-12-26-15-10-24(11-16-26)22(30)28(23(31)25-24)17-19-8-13-27(14-9-19)21(29)18-32-20-6-4-3-5-7-20/h3-7,19H,2,8-18H2,1H3,(H,25,31). The lowest BCUT2D eigenvalue weighted by molar-refractivity contribution is -0.136. The van der Waals surface area contributed by atoms with E-state index in [1.54, 1.807) is 0 Å². The van der Waals surface area contributed by atoms with Gasteiger partial charge < -0.3 is 19.9 Å². The van der Waals surface area contributed by atoms with Crippen LogP contribution in [0, 0.1) is 5.92 Å². The normalized spacial score (nSPS) is 21.8. The van der Waals surface area contributed by atoms with Crippen LogP contribution in [0.15, 0.2) is 30.3 Å². The number of nitrogens with one attached hydrogen (secondary N) is 1. The minimum absolute atomic E-state index is 0.0270. The number of imide groups is 1. The predicted octanol–water partition coefficient (Wildman–Crippen LogP) is 2.10. The number of para-hydroxylation sites is 1. The molecule has 1 aromatic rings. The SMILES string of the molecule is CCCN1CCC2(CC1)NC(=O)N(CC1CCN(C(=O)COc3ccccc3)CC1)C2=O. The lowest BCUT2D eigenvalue weighted by Crippen LogP contribution is -2.55. The highest BCUT2D eigenvalue weighted by Gasteiger charge is 2.52. The molecule has 0 saturated carbocycles. The summed E-state index contributed by atoms with van der Waals surface area (Å²) in [5, 5.41) is 3.01. The highest BCUT2D eigenvalue weighted by atomic mass is 16.5. The summed E-state index contributed by atoms with van der Waals surface area (Å²) in [6, 6.07) is 9.06. The highest BCUT2D eigenvalue weighted by Crippen LogP contribution is 2.31. The van der Waals surface area contributed by atoms with Gasteiger partial charge in [-0.3, -0.25) is 14.5 Å². The van der Waals surface area contributed by atoms with E-state index in [9.17, 15) is 14.4 Å². The number of rotatable bonds is 7. The lowest BCUT2D eigenvalue weighted by atomic mass is 9.87. The van der Waals surface area contributed by atoms with E-state index in [-0.39, 0.29) is 30.4 Å². The van der Waals surface area contributed by atoms with Crippen molar-refractivity contribution in [3.8, 4) is 5.75 Å². The fourth-order valence-corrected chi connectivity index (χ4v) is 5.03. The molecule has 0 aromatic heterocycles. The Morgan fingerprint density at radius 2 is 1.78 bits per heavy atom. The molecule has 0 bridgehead atoms. The van der Waals surface area contributed by atoms with Gasteiger partial charge in [0, 0.05) is 32.7 Å². The van der Waals surface area contributed by atoms with Crippen LogP contribution in [0.25, 0.3) is 0 Å². The van der Waals surface area contributed by atoms with Crippen LogP contribution in [0.5, 0.6) is 5.75 Å². The van der Waals surface area contributed by atoms with E-state index in [1.807, 2.05) is 35.2 Å². The molecule has 3 aliphatic rings. The van der Waals surface area contributed by atoms with E-state index in [1.165, 1.54) is 4.90 Å². The molecular weight excluding hydrogens is 408 g/mol. The van der Waals surface area contributed by atoms with Gasteiger partial charge in [-0.15, -0.1) is 0 Å². The van der Waals surface area contributed by atoms with Gasteiger partial charge in [0.15, 0.2) is 6.61 Å². The van der Waals surface area contributed by atoms with Crippen LogP contribution >= 0.6 is 0 Å². The smallest absolute Gasteiger partial charge is 0.325 e. The minimum Gasteiger partial charge on any atom is -0.484 e. The van der Waals surface area contributed by atoms with Crippen molar-refractivity contribution in [2.24, 2.45) is 5.92 Å². The van der Waals surface area contributed by atoms with Crippen molar-refractivity contribution in [2.45, 2.75) is 44.6 Å². The van der Waals surface area contributed by atoms with E-state index in [2.05, 4.69) is 17.1 Å². The summed E-state index contributed by atoms with van der Waals surface area (Å²) in [6.07, 6.45) is 4.03. The summed E-state index contributed by atoms with van der Waals surface area (Å²) in [6.45, 7) is 6.61. The molecule has 4 amide bonds. The third-order valence-electron chi connectivity index (χ3n) is 7.01. The van der Waals surface area contributed by atoms with Crippen molar-refractivity contribution < 1.29 is 19.1 Å². The Balaban J connectivity index is 1.24. The lowest BCUT2D eigenvalue weighted by Gasteiger charge is -2.37. The van der Waals surface area contributed by atoms with E-state index < -0.39 is 5.54 Å². The van der Waals surface area contributed by atoms with E-state index in [0.29, 0.717) is 38.2 Å². The van der Waals surface area contributed by atoms with Gasteiger partial charge in [0.25, 0.3) is 11.8 Å². The van der Waals surface area contributed by atoms with Crippen molar-refractivity contribution in [1.82, 2.24) is 20.0 Å². The molecule has 0 atom stereocenters. The molecule has 1 N–H and O–H groups in total. The zero-order valence-electron chi connectivity index (χ0n) is 18.9. The van der Waals surface area contributed by atoms with Crippen LogP contribution in [0.2, 0.25) is 0 Å². The van der Waals surface area contributed by atoms with Crippen molar-refractivity contribution in [3.63, 3.8) is 0 Å². The van der Waals surface area contributed by atoms with E-state index >= 15 is 0 Å². The molecule has 4 rings (SSSR count). The molecule has 3 saturated heterocycles. The quantitative estimate of drug-likeness (QED) is 0.654. The Morgan fingerprint density at radius 1 is 1.09 bits per heavy atom. The van der Waals surface area contributed by atoms with E-state index in [4.69, 9.17) is 4.74 Å². The number of piperidine rings is 2. The summed E-state index contributed by atoms with van der Waals surface area (Å²) < 4.78 is 5.57. The topological polar surface area (TPSA) is 82.2 Å². The molecule has 8 nitrogen and oxygen atoms in total. The molecule has 0 radical (unpaired) electrons. The maximum absolute atomic E-state index is 13.2. The monoisotopic (exact) mass is 442 g/mol. The summed E-state index contributed by atoms with van der Waals surface area (Å²) >= 11 is 0. The molecular formula is C24H34N4O4. The van der Waals surface area contributed by atoms with Gasteiger partial charge in [-0.2, -0.15) is 0 Å². The second-order valence-electron chi connectivity index (χ2n) is 9.20. The zero-order valence-corrected chi connectivity index (χ0v) is 18.9. The molecule has 1 spiro atoms. The van der Waals surface area contributed by atoms with Crippen LogP contribution in [0.1, 0.15) is 39.0 Å². The number of likely N-dealkylation sites (tertiary alicyclic amines) is 2. The van der Waals surface area contributed by atoms with Gasteiger partial charge in [-0.1, -0.05) is 25.1 Å². The van der Waals surface area contributed by atoms with Gasteiger partial charge in [0.2, 0.25) is 0 Å². The minimum atomic E-state index is -0.716. The van der Waals surface area contributed by atoms with Gasteiger partial charge in [-0.25, -0.2) is 4.79 Å². The number of amides is 4. The van der Waals surface area contributed by atoms with Gasteiger partial charge in [0.05, 0.1) is 0 Å². The van der Waals surface area contributed by atoms with Crippen LogP contribution < -0.4 is 10.1 Å². The number of ether oxygens (including phenoxy) is 1. The number of urea groups is 1. The molecule has 8 heteroatoms. The Hall–Kier alpha value is -2.61. The van der Waals surface area contributed by atoms with Crippen molar-refractivity contribution in [2.75, 3.05) is 45.9 Å². The average molecular weight is 443 g/mol. The number of carbonyl (C=O) groups is 3. The highest BCUT2D eigenvalue weighted by molar-refractivity contribution is 6.07. The Labute approximate surface area is 189 Å². The molecule has 0 unspecified atom stereocenters. The zero-order chi connectivity index (χ0) is 22.6. The molecule has 3 heterocycles. The molecule has 1 aromatic carbocycles. The second-order valence-corrected chi connectivity index (χ2v) is 9.20. The summed E-state index contributed by atoms with van der Waals surface area (Å²) in [5.74, 6) is 0.816. The number of hydrogen-bond acceptors (Lipinski definition) is 5. The van der Waals surface area contributed by atoms with Gasteiger partial charge >= 0.3 is 6.03 Å². The largest absolute Gasteiger partial charge is 0.484 e. The van der Waals surface area contributed by atoms with Crippen molar-refractivity contribution >= 4 is 17.8 Å². The molecule has 32 heavy (non-hydrogen) atoms. The Morgan fingerprint density at radius 3 is 2.44 bits per heavy atom. The maximum atomic E-state index is 13.2. The maximum Gasteiger partial charge on any atom is 0.325 e. The third-order valence-corrected chi connectivity index (χ3v) is 7.01. The first-order chi connectivity index (χ1) is 15.5. The fourth-order valence-electron chi connectivity index (χ4n) is 5.03. The molecule has 3 fully saturated rings. The van der Waals surface area contributed by atoms with Gasteiger partial charge in [0.1, 0.15) is 11.3 Å². The van der Waals surface area contributed by atoms with Crippen molar-refractivity contribution in [1.29, 1.82) is 0 Å². The predicted molar refractivity (Wildman–Crippen MR) is 120 cm³/mol. The Kier molecular flexibility index (Phi) is 6.98.